The predicted molar refractivity (Wildman–Crippen MR) is 98.6 cm³/mol. The molecule has 7 heteroatoms. The van der Waals surface area contributed by atoms with Crippen LogP contribution in [0.2, 0.25) is 0 Å². The summed E-state index contributed by atoms with van der Waals surface area (Å²) in [6.07, 6.45) is -0.140. The fourth-order valence-corrected chi connectivity index (χ4v) is 4.02. The Morgan fingerprint density at radius 2 is 1.96 bits per heavy atom. The van der Waals surface area contributed by atoms with Crippen LogP contribution in [0.25, 0.3) is 0 Å². The number of piperazine rings is 1. The van der Waals surface area contributed by atoms with Crippen LogP contribution in [0.5, 0.6) is 0 Å². The minimum absolute atomic E-state index is 0.0124. The third-order valence-electron chi connectivity index (χ3n) is 4.77. The van der Waals surface area contributed by atoms with Gasteiger partial charge in [0, 0.05) is 44.0 Å². The normalized spacial score (nSPS) is 20.7. The van der Waals surface area contributed by atoms with Gasteiger partial charge in [0.15, 0.2) is 0 Å². The predicted octanol–water partition coefficient (Wildman–Crippen LogP) is 2.72. The molecule has 1 unspecified atom stereocenters. The molecule has 1 aromatic carbocycles. The lowest BCUT2D eigenvalue weighted by atomic mass is 10.0. The highest BCUT2D eigenvalue weighted by atomic mass is 32.1. The van der Waals surface area contributed by atoms with Crippen molar-refractivity contribution < 1.29 is 14.0 Å². The lowest BCUT2D eigenvalue weighted by molar-refractivity contribution is -0.143. The molecule has 2 aliphatic rings. The number of carbonyl (C=O) groups excluding carboxylic acids is 1. The molecular formula is C19H20FN3O2S. The first kappa shape index (κ1) is 17.2. The van der Waals surface area contributed by atoms with Crippen molar-refractivity contribution in [3.8, 4) is 0 Å². The summed E-state index contributed by atoms with van der Waals surface area (Å²) < 4.78 is 13.0. The van der Waals surface area contributed by atoms with Gasteiger partial charge in [-0.25, -0.2) is 4.39 Å². The van der Waals surface area contributed by atoms with E-state index in [1.165, 1.54) is 17.0 Å². The summed E-state index contributed by atoms with van der Waals surface area (Å²) in [7, 11) is 0. The van der Waals surface area contributed by atoms with E-state index in [1.54, 1.807) is 23.5 Å². The van der Waals surface area contributed by atoms with Crippen LogP contribution in [0, 0.1) is 5.82 Å². The number of carbonyl (C=O) groups is 1. The topological polar surface area (TPSA) is 45.1 Å². The van der Waals surface area contributed by atoms with Crippen LogP contribution in [0.3, 0.4) is 0 Å². The highest BCUT2D eigenvalue weighted by Crippen LogP contribution is 2.20. The maximum Gasteiger partial charge on any atom is 0.266 e. The maximum absolute atomic E-state index is 13.0. The highest BCUT2D eigenvalue weighted by Gasteiger charge is 2.33. The van der Waals surface area contributed by atoms with Crippen LogP contribution in [0.15, 0.2) is 46.9 Å². The molecule has 0 radical (unpaired) electrons. The van der Waals surface area contributed by atoms with E-state index in [9.17, 15) is 9.18 Å². The standard InChI is InChI=1S/C19H20FN3O2S/c20-15-5-3-14(4-6-15)17-12-18(25-21-17)19(24)23-9-7-22(8-10-23)13-16-2-1-11-26-16/h1-6,11,18H,7-10,12-13H2. The Labute approximate surface area is 155 Å². The summed E-state index contributed by atoms with van der Waals surface area (Å²) in [4.78, 5) is 23.6. The van der Waals surface area contributed by atoms with Gasteiger partial charge in [-0.3, -0.25) is 9.69 Å². The quantitative estimate of drug-likeness (QED) is 0.828. The molecule has 2 aliphatic heterocycles. The number of nitrogens with zero attached hydrogens (tertiary/aromatic N) is 3. The van der Waals surface area contributed by atoms with Crippen molar-refractivity contribution in [2.24, 2.45) is 5.16 Å². The van der Waals surface area contributed by atoms with Crippen LogP contribution < -0.4 is 0 Å². The zero-order chi connectivity index (χ0) is 17.9. The van der Waals surface area contributed by atoms with E-state index >= 15 is 0 Å². The molecule has 2 aromatic rings. The fourth-order valence-electron chi connectivity index (χ4n) is 3.28. The first-order valence-electron chi connectivity index (χ1n) is 8.71. The van der Waals surface area contributed by atoms with Crippen molar-refractivity contribution >= 4 is 23.0 Å². The molecule has 26 heavy (non-hydrogen) atoms. The van der Waals surface area contributed by atoms with Gasteiger partial charge in [-0.05, 0) is 29.1 Å². The fraction of sp³-hybridized carbons (Fsp3) is 0.368. The molecule has 1 saturated heterocycles. The van der Waals surface area contributed by atoms with Gasteiger partial charge in [-0.2, -0.15) is 0 Å². The molecule has 136 valence electrons. The molecule has 0 spiro atoms. The lowest BCUT2D eigenvalue weighted by Crippen LogP contribution is -2.51. The van der Waals surface area contributed by atoms with Crippen molar-refractivity contribution in [2.45, 2.75) is 19.1 Å². The number of oxime groups is 1. The molecule has 0 aliphatic carbocycles. The first-order valence-corrected chi connectivity index (χ1v) is 9.59. The molecular weight excluding hydrogens is 353 g/mol. The average molecular weight is 373 g/mol. The van der Waals surface area contributed by atoms with Crippen LogP contribution in [-0.2, 0) is 16.2 Å². The largest absolute Gasteiger partial charge is 0.382 e. The van der Waals surface area contributed by atoms with Gasteiger partial charge in [-0.1, -0.05) is 23.4 Å². The van der Waals surface area contributed by atoms with E-state index in [0.717, 1.165) is 25.2 Å². The van der Waals surface area contributed by atoms with Crippen molar-refractivity contribution in [1.29, 1.82) is 0 Å². The van der Waals surface area contributed by atoms with Gasteiger partial charge in [0.05, 0.1) is 5.71 Å². The average Bonchev–Trinajstić information content (AvgIpc) is 3.34. The molecule has 0 N–H and O–H groups in total. The van der Waals surface area contributed by atoms with Gasteiger partial charge in [0.1, 0.15) is 5.82 Å². The highest BCUT2D eigenvalue weighted by molar-refractivity contribution is 7.09. The van der Waals surface area contributed by atoms with Gasteiger partial charge in [0.2, 0.25) is 6.10 Å². The molecule has 1 fully saturated rings. The van der Waals surface area contributed by atoms with Crippen LogP contribution in [0.4, 0.5) is 4.39 Å². The molecule has 4 rings (SSSR count). The first-order chi connectivity index (χ1) is 12.7. The van der Waals surface area contributed by atoms with Crippen molar-refractivity contribution in [3.63, 3.8) is 0 Å². The van der Waals surface area contributed by atoms with Gasteiger partial charge in [-0.15, -0.1) is 11.3 Å². The maximum atomic E-state index is 13.0. The zero-order valence-electron chi connectivity index (χ0n) is 14.3. The van der Waals surface area contributed by atoms with Crippen molar-refractivity contribution in [2.75, 3.05) is 26.2 Å². The SMILES string of the molecule is O=C(C1CC(c2ccc(F)cc2)=NO1)N1CCN(Cc2cccs2)CC1. The Morgan fingerprint density at radius 1 is 1.19 bits per heavy atom. The van der Waals surface area contributed by atoms with E-state index in [2.05, 4.69) is 27.6 Å². The van der Waals surface area contributed by atoms with Crippen LogP contribution in [0.1, 0.15) is 16.9 Å². The molecule has 1 aromatic heterocycles. The second kappa shape index (κ2) is 7.55. The summed E-state index contributed by atoms with van der Waals surface area (Å²) in [6, 6.07) is 10.3. The number of hydrogen-bond acceptors (Lipinski definition) is 5. The number of halogens is 1. The molecule has 0 saturated carbocycles. The van der Waals surface area contributed by atoms with E-state index in [0.29, 0.717) is 25.2 Å². The van der Waals surface area contributed by atoms with Gasteiger partial charge >= 0.3 is 0 Å². The molecule has 1 amide bonds. The molecule has 3 heterocycles. The smallest absolute Gasteiger partial charge is 0.266 e. The minimum atomic E-state index is -0.570. The second-order valence-corrected chi connectivity index (χ2v) is 7.56. The summed E-state index contributed by atoms with van der Waals surface area (Å²) >= 11 is 1.76. The Balaban J connectivity index is 1.29. The summed E-state index contributed by atoms with van der Waals surface area (Å²) in [6.45, 7) is 4.08. The number of amides is 1. The van der Waals surface area contributed by atoms with E-state index in [-0.39, 0.29) is 11.7 Å². The summed E-state index contributed by atoms with van der Waals surface area (Å²) in [5.74, 6) is -0.303. The zero-order valence-corrected chi connectivity index (χ0v) is 15.1. The Hall–Kier alpha value is -2.25. The monoisotopic (exact) mass is 373 g/mol. The third kappa shape index (κ3) is 3.78. The van der Waals surface area contributed by atoms with E-state index in [1.807, 2.05) is 4.90 Å². The van der Waals surface area contributed by atoms with Crippen LogP contribution >= 0.6 is 11.3 Å². The van der Waals surface area contributed by atoms with E-state index in [4.69, 9.17) is 4.84 Å². The van der Waals surface area contributed by atoms with Gasteiger partial charge in [0.25, 0.3) is 5.91 Å². The number of hydrogen-bond donors (Lipinski definition) is 0. The number of benzene rings is 1. The number of rotatable bonds is 4. The lowest BCUT2D eigenvalue weighted by Gasteiger charge is -2.35. The number of thiophene rings is 1. The summed E-state index contributed by atoms with van der Waals surface area (Å²) in [5.41, 5.74) is 1.49. The van der Waals surface area contributed by atoms with Crippen molar-refractivity contribution in [3.05, 3.63) is 58.0 Å². The van der Waals surface area contributed by atoms with E-state index < -0.39 is 6.10 Å². The second-order valence-electron chi connectivity index (χ2n) is 6.52. The van der Waals surface area contributed by atoms with Gasteiger partial charge < -0.3 is 9.74 Å². The van der Waals surface area contributed by atoms with Crippen LogP contribution in [-0.4, -0.2) is 53.7 Å². The molecule has 1 atom stereocenters. The Bertz CT molecular complexity index is 784. The molecule has 5 nitrogen and oxygen atoms in total. The Kier molecular flexibility index (Phi) is 4.99. The third-order valence-corrected chi connectivity index (χ3v) is 5.63. The summed E-state index contributed by atoms with van der Waals surface area (Å²) in [5, 5.41) is 6.12. The Morgan fingerprint density at radius 3 is 2.65 bits per heavy atom. The molecule has 0 bridgehead atoms. The van der Waals surface area contributed by atoms with Crippen molar-refractivity contribution in [1.82, 2.24) is 9.80 Å². The minimum Gasteiger partial charge on any atom is -0.382 e.